The van der Waals surface area contributed by atoms with Crippen molar-refractivity contribution >= 4 is 11.3 Å². The number of thiazole rings is 1. The monoisotopic (exact) mass is 224 g/mol. The smallest absolute Gasteiger partial charge is 0.0953 e. The highest BCUT2D eigenvalue weighted by Gasteiger charge is 2.62. The molecule has 0 spiro atoms. The van der Waals surface area contributed by atoms with Gasteiger partial charge in [0.2, 0.25) is 0 Å². The fourth-order valence-corrected chi connectivity index (χ4v) is 3.31. The van der Waals surface area contributed by atoms with E-state index < -0.39 is 0 Å². The van der Waals surface area contributed by atoms with Crippen LogP contribution in [0.4, 0.5) is 0 Å². The molecule has 1 aromatic heterocycles. The molecule has 0 saturated heterocycles. The average molecular weight is 224 g/mol. The normalized spacial score (nSPS) is 28.4. The first-order chi connectivity index (χ1) is 6.93. The highest BCUT2D eigenvalue weighted by atomic mass is 32.1. The van der Waals surface area contributed by atoms with Gasteiger partial charge in [0.05, 0.1) is 10.7 Å². The molecule has 1 fully saturated rings. The van der Waals surface area contributed by atoms with E-state index in [1.54, 1.807) is 11.3 Å². The van der Waals surface area contributed by atoms with Crippen molar-refractivity contribution < 1.29 is 0 Å². The molecular weight excluding hydrogens is 204 g/mol. The zero-order valence-corrected chi connectivity index (χ0v) is 10.8. The summed E-state index contributed by atoms with van der Waals surface area (Å²) < 4.78 is 0. The number of hydrogen-bond acceptors (Lipinski definition) is 3. The van der Waals surface area contributed by atoms with Crippen molar-refractivity contribution in [1.29, 1.82) is 0 Å². The van der Waals surface area contributed by atoms with Crippen LogP contribution in [0.15, 0.2) is 5.38 Å². The largest absolute Gasteiger partial charge is 0.330 e. The van der Waals surface area contributed by atoms with E-state index in [0.717, 1.165) is 6.54 Å². The molecule has 84 valence electrons. The fourth-order valence-electron chi connectivity index (χ4n) is 2.37. The maximum absolute atomic E-state index is 5.93. The molecule has 0 radical (unpaired) electrons. The summed E-state index contributed by atoms with van der Waals surface area (Å²) in [6.07, 6.45) is 1.18. The van der Waals surface area contributed by atoms with Crippen LogP contribution in [0.25, 0.3) is 0 Å². The highest BCUT2D eigenvalue weighted by Crippen LogP contribution is 2.63. The summed E-state index contributed by atoms with van der Waals surface area (Å²) in [6, 6.07) is 0. The van der Waals surface area contributed by atoms with Crippen molar-refractivity contribution in [2.45, 2.75) is 45.4 Å². The molecule has 1 aromatic rings. The van der Waals surface area contributed by atoms with Gasteiger partial charge in [-0.3, -0.25) is 0 Å². The summed E-state index contributed by atoms with van der Waals surface area (Å²) in [5.41, 5.74) is 7.65. The number of hydrogen-bond donors (Lipinski definition) is 1. The van der Waals surface area contributed by atoms with Gasteiger partial charge in [0, 0.05) is 23.3 Å². The van der Waals surface area contributed by atoms with Crippen molar-refractivity contribution in [3.8, 4) is 0 Å². The minimum atomic E-state index is 0.163. The Bertz CT molecular complexity index is 367. The number of rotatable bonds is 3. The van der Waals surface area contributed by atoms with Crippen LogP contribution in [0.3, 0.4) is 0 Å². The van der Waals surface area contributed by atoms with Crippen molar-refractivity contribution in [3.63, 3.8) is 0 Å². The number of nitrogens with zero attached hydrogens (tertiary/aromatic N) is 1. The molecule has 0 aliphatic heterocycles. The molecule has 1 unspecified atom stereocenters. The lowest BCUT2D eigenvalue weighted by molar-refractivity contribution is 0.493. The average Bonchev–Trinajstić information content (AvgIpc) is 2.59. The van der Waals surface area contributed by atoms with Gasteiger partial charge in [0.15, 0.2) is 0 Å². The Hall–Kier alpha value is -0.410. The molecule has 2 nitrogen and oxygen atoms in total. The summed E-state index contributed by atoms with van der Waals surface area (Å²) in [7, 11) is 0. The first kappa shape index (κ1) is 11.1. The molecule has 2 rings (SSSR count). The molecule has 15 heavy (non-hydrogen) atoms. The number of nitrogens with two attached hydrogens (primary N) is 1. The minimum absolute atomic E-state index is 0.163. The second-order valence-electron chi connectivity index (χ2n) is 5.57. The molecule has 0 amide bonds. The van der Waals surface area contributed by atoms with Crippen LogP contribution >= 0.6 is 11.3 Å². The third-order valence-corrected chi connectivity index (χ3v) is 4.91. The molecule has 1 heterocycles. The molecule has 1 saturated carbocycles. The molecule has 1 aliphatic carbocycles. The summed E-state index contributed by atoms with van der Waals surface area (Å²) in [6.45, 7) is 9.68. The lowest BCUT2D eigenvalue weighted by Gasteiger charge is -2.15. The topological polar surface area (TPSA) is 38.9 Å². The standard InChI is InChI=1S/C12H20N2S/c1-8(2)10-14-9(5-15-10)12(7-13)6-11(12,3)4/h5,8H,6-7,13H2,1-4H3. The third-order valence-electron chi connectivity index (χ3n) is 3.77. The summed E-state index contributed by atoms with van der Waals surface area (Å²) in [5, 5.41) is 3.44. The Morgan fingerprint density at radius 3 is 2.47 bits per heavy atom. The summed E-state index contributed by atoms with van der Waals surface area (Å²) >= 11 is 1.77. The lowest BCUT2D eigenvalue weighted by atomic mass is 9.93. The van der Waals surface area contributed by atoms with E-state index in [-0.39, 0.29) is 5.41 Å². The second-order valence-corrected chi connectivity index (χ2v) is 6.46. The lowest BCUT2D eigenvalue weighted by Crippen LogP contribution is -2.25. The van der Waals surface area contributed by atoms with Gasteiger partial charge in [0.25, 0.3) is 0 Å². The Morgan fingerprint density at radius 2 is 2.13 bits per heavy atom. The zero-order chi connectivity index (χ0) is 11.3. The molecule has 1 aliphatic rings. The van der Waals surface area contributed by atoms with Crippen LogP contribution < -0.4 is 5.73 Å². The van der Waals surface area contributed by atoms with Gasteiger partial charge >= 0.3 is 0 Å². The van der Waals surface area contributed by atoms with Crippen molar-refractivity contribution in [3.05, 3.63) is 16.1 Å². The third kappa shape index (κ3) is 1.53. The van der Waals surface area contributed by atoms with Gasteiger partial charge in [-0.15, -0.1) is 11.3 Å². The van der Waals surface area contributed by atoms with Gasteiger partial charge in [0.1, 0.15) is 0 Å². The van der Waals surface area contributed by atoms with Crippen LogP contribution in [0.2, 0.25) is 0 Å². The van der Waals surface area contributed by atoms with Gasteiger partial charge in [-0.2, -0.15) is 0 Å². The van der Waals surface area contributed by atoms with Gasteiger partial charge in [-0.25, -0.2) is 4.98 Å². The predicted octanol–water partition coefficient (Wildman–Crippen LogP) is 2.89. The molecule has 0 aromatic carbocycles. The zero-order valence-electron chi connectivity index (χ0n) is 10.0. The maximum Gasteiger partial charge on any atom is 0.0953 e. The quantitative estimate of drug-likeness (QED) is 0.857. The van der Waals surface area contributed by atoms with Crippen LogP contribution in [0.1, 0.15) is 50.7 Å². The Labute approximate surface area is 95.9 Å². The Balaban J connectivity index is 2.30. The predicted molar refractivity (Wildman–Crippen MR) is 65.3 cm³/mol. The van der Waals surface area contributed by atoms with Crippen LogP contribution in [-0.2, 0) is 5.41 Å². The van der Waals surface area contributed by atoms with E-state index in [2.05, 4.69) is 33.1 Å². The van der Waals surface area contributed by atoms with Crippen LogP contribution in [-0.4, -0.2) is 11.5 Å². The molecule has 0 bridgehead atoms. The summed E-state index contributed by atoms with van der Waals surface area (Å²) in [4.78, 5) is 4.75. The minimum Gasteiger partial charge on any atom is -0.330 e. The van der Waals surface area contributed by atoms with Gasteiger partial charge < -0.3 is 5.73 Å². The SMILES string of the molecule is CC(C)c1nc(C2(CN)CC2(C)C)cs1. The first-order valence-corrected chi connectivity index (χ1v) is 6.47. The van der Waals surface area contributed by atoms with Crippen LogP contribution in [0.5, 0.6) is 0 Å². The van der Waals surface area contributed by atoms with E-state index in [0.29, 0.717) is 11.3 Å². The second kappa shape index (κ2) is 3.29. The Morgan fingerprint density at radius 1 is 1.53 bits per heavy atom. The van der Waals surface area contributed by atoms with Crippen LogP contribution in [0, 0.1) is 5.41 Å². The fraction of sp³-hybridized carbons (Fsp3) is 0.750. The maximum atomic E-state index is 5.93. The van der Waals surface area contributed by atoms with Gasteiger partial charge in [-0.05, 0) is 11.8 Å². The van der Waals surface area contributed by atoms with E-state index >= 15 is 0 Å². The van der Waals surface area contributed by atoms with E-state index in [9.17, 15) is 0 Å². The number of aromatic nitrogens is 1. The first-order valence-electron chi connectivity index (χ1n) is 5.59. The van der Waals surface area contributed by atoms with Crippen molar-refractivity contribution in [1.82, 2.24) is 4.98 Å². The molecule has 1 atom stereocenters. The molecule has 2 N–H and O–H groups in total. The van der Waals surface area contributed by atoms with Gasteiger partial charge in [-0.1, -0.05) is 27.7 Å². The van der Waals surface area contributed by atoms with Crippen molar-refractivity contribution in [2.75, 3.05) is 6.54 Å². The Kier molecular flexibility index (Phi) is 2.43. The van der Waals surface area contributed by atoms with E-state index in [4.69, 9.17) is 10.7 Å². The molecular formula is C12H20N2S. The van der Waals surface area contributed by atoms with Crippen molar-refractivity contribution in [2.24, 2.45) is 11.1 Å². The highest BCUT2D eigenvalue weighted by molar-refractivity contribution is 7.09. The van der Waals surface area contributed by atoms with E-state index in [1.165, 1.54) is 17.1 Å². The van der Waals surface area contributed by atoms with E-state index in [1.807, 2.05) is 0 Å². The summed E-state index contributed by atoms with van der Waals surface area (Å²) in [5.74, 6) is 0.528. The molecule has 3 heteroatoms.